The lowest BCUT2D eigenvalue weighted by Crippen LogP contribution is -2.32. The monoisotopic (exact) mass is 364 g/mol. The Labute approximate surface area is 154 Å². The summed E-state index contributed by atoms with van der Waals surface area (Å²) in [5, 5.41) is 3.56. The van der Waals surface area contributed by atoms with E-state index < -0.39 is 0 Å². The van der Waals surface area contributed by atoms with E-state index in [-0.39, 0.29) is 5.56 Å². The number of hydrogen-bond acceptors (Lipinski definition) is 2. The lowest BCUT2D eigenvalue weighted by Gasteiger charge is -2.08. The lowest BCUT2D eigenvalue weighted by molar-refractivity contribution is -0.661. The van der Waals surface area contributed by atoms with Gasteiger partial charge in [-0.2, -0.15) is 0 Å². The zero-order valence-electron chi connectivity index (χ0n) is 13.7. The summed E-state index contributed by atoms with van der Waals surface area (Å²) in [4.78, 5) is 12.5. The summed E-state index contributed by atoms with van der Waals surface area (Å²) in [6.45, 7) is 0. The van der Waals surface area contributed by atoms with E-state index in [1.165, 1.54) is 10.9 Å². The molecular formula is C20H15ClN3O2+. The van der Waals surface area contributed by atoms with Gasteiger partial charge in [-0.1, -0.05) is 57.9 Å². The van der Waals surface area contributed by atoms with Crippen LogP contribution >= 0.6 is 11.6 Å². The molecule has 4 rings (SSSR count). The predicted octanol–water partition coefficient (Wildman–Crippen LogP) is 3.89. The van der Waals surface area contributed by atoms with Gasteiger partial charge in [0.05, 0.1) is 0 Å². The predicted molar refractivity (Wildman–Crippen MR) is 99.4 cm³/mol. The molecule has 0 spiro atoms. The summed E-state index contributed by atoms with van der Waals surface area (Å²) < 4.78 is 8.99. The largest absolute Gasteiger partial charge is 0.453 e. The summed E-state index contributed by atoms with van der Waals surface area (Å²) in [6.07, 6.45) is 1.47. The summed E-state index contributed by atoms with van der Waals surface area (Å²) >= 11 is 6.15. The van der Waals surface area contributed by atoms with Gasteiger partial charge in [0.1, 0.15) is 5.75 Å². The van der Waals surface area contributed by atoms with Crippen molar-refractivity contribution >= 4 is 11.6 Å². The van der Waals surface area contributed by atoms with E-state index in [2.05, 4.69) is 5.21 Å². The molecule has 4 aromatic rings. The Morgan fingerprint density at radius 1 is 0.923 bits per heavy atom. The normalized spacial score (nSPS) is 10.7. The first-order valence-electron chi connectivity index (χ1n) is 8.03. The maximum atomic E-state index is 12.5. The number of aromatic nitrogens is 3. The minimum absolute atomic E-state index is 0.228. The highest BCUT2D eigenvalue weighted by atomic mass is 35.5. The first-order valence-corrected chi connectivity index (χ1v) is 8.40. The third kappa shape index (κ3) is 3.25. The molecule has 0 bridgehead atoms. The van der Waals surface area contributed by atoms with Crippen LogP contribution < -0.4 is 15.0 Å². The van der Waals surface area contributed by atoms with Crippen molar-refractivity contribution in [1.29, 1.82) is 0 Å². The molecule has 0 saturated heterocycles. The molecule has 0 unspecified atom stereocenters. The van der Waals surface area contributed by atoms with E-state index in [1.807, 2.05) is 60.7 Å². The minimum atomic E-state index is -0.228. The van der Waals surface area contributed by atoms with Gasteiger partial charge in [-0.25, -0.2) is 4.79 Å². The van der Waals surface area contributed by atoms with Crippen molar-refractivity contribution in [1.82, 2.24) is 9.90 Å². The van der Waals surface area contributed by atoms with Gasteiger partial charge < -0.3 is 4.74 Å². The first-order chi connectivity index (χ1) is 12.7. The van der Waals surface area contributed by atoms with Crippen LogP contribution in [0.2, 0.25) is 5.02 Å². The number of ether oxygens (including phenoxy) is 1. The molecule has 0 aliphatic carbocycles. The van der Waals surface area contributed by atoms with Crippen LogP contribution in [0.1, 0.15) is 0 Å². The molecule has 0 saturated carbocycles. The molecule has 0 amide bonds. The number of halogens is 1. The fourth-order valence-electron chi connectivity index (χ4n) is 2.61. The molecule has 0 aliphatic rings. The molecule has 1 heterocycles. The molecule has 0 radical (unpaired) electrons. The third-order valence-corrected chi connectivity index (χ3v) is 4.07. The zero-order valence-corrected chi connectivity index (χ0v) is 14.4. The molecule has 0 fully saturated rings. The van der Waals surface area contributed by atoms with Crippen molar-refractivity contribution < 1.29 is 9.42 Å². The van der Waals surface area contributed by atoms with Crippen LogP contribution in [-0.4, -0.2) is 9.90 Å². The second-order valence-corrected chi connectivity index (χ2v) is 6.07. The summed E-state index contributed by atoms with van der Waals surface area (Å²) in [7, 11) is 0. The highest BCUT2D eigenvalue weighted by Crippen LogP contribution is 2.29. The summed E-state index contributed by atoms with van der Waals surface area (Å²) in [5.74, 6) is 1.19. The molecule has 5 nitrogen and oxygen atoms in total. The van der Waals surface area contributed by atoms with Crippen LogP contribution in [0.15, 0.2) is 89.9 Å². The van der Waals surface area contributed by atoms with Crippen molar-refractivity contribution in [3.05, 3.63) is 100 Å². The van der Waals surface area contributed by atoms with Crippen molar-refractivity contribution in [3.63, 3.8) is 0 Å². The molecule has 1 aromatic heterocycles. The number of nitrogens with one attached hydrogen (secondary N) is 1. The second kappa shape index (κ2) is 6.90. The minimum Gasteiger partial charge on any atom is -0.453 e. The highest BCUT2D eigenvalue weighted by molar-refractivity contribution is 6.30. The SMILES string of the molecule is O=c1c[n+](-c2ccccc2)[nH]n1-c1cc(Cl)ccc1Oc1ccccc1. The molecule has 0 atom stereocenters. The zero-order chi connectivity index (χ0) is 17.9. The van der Waals surface area contributed by atoms with Crippen LogP contribution in [0.25, 0.3) is 11.4 Å². The standard InChI is InChI=1S/C20H14ClN3O2/c21-15-11-12-19(26-17-9-5-2-6-10-17)18(13-15)24-20(25)14-23(22-24)16-7-3-1-4-8-16/h1-14H/p+1. The highest BCUT2D eigenvalue weighted by Gasteiger charge is 2.19. The Balaban J connectivity index is 1.80. The van der Waals surface area contributed by atoms with Crippen LogP contribution in [0.5, 0.6) is 11.5 Å². The number of para-hydroxylation sites is 2. The van der Waals surface area contributed by atoms with Crippen LogP contribution in [0.3, 0.4) is 0 Å². The van der Waals surface area contributed by atoms with E-state index in [0.29, 0.717) is 22.2 Å². The number of H-pyrrole nitrogens is 1. The smallest absolute Gasteiger partial charge is 0.398 e. The van der Waals surface area contributed by atoms with Gasteiger partial charge in [0.15, 0.2) is 11.4 Å². The average molecular weight is 365 g/mol. The Kier molecular flexibility index (Phi) is 4.29. The Hall–Kier alpha value is -3.31. The molecule has 3 aromatic carbocycles. The molecule has 26 heavy (non-hydrogen) atoms. The maximum Gasteiger partial charge on any atom is 0.398 e. The van der Waals surface area contributed by atoms with E-state index in [0.717, 1.165) is 5.69 Å². The molecule has 1 N–H and O–H groups in total. The second-order valence-electron chi connectivity index (χ2n) is 5.64. The molecular weight excluding hydrogens is 350 g/mol. The third-order valence-electron chi connectivity index (χ3n) is 3.83. The van der Waals surface area contributed by atoms with Crippen molar-refractivity contribution in [2.45, 2.75) is 0 Å². The van der Waals surface area contributed by atoms with E-state index in [4.69, 9.17) is 16.3 Å². The number of rotatable bonds is 4. The Morgan fingerprint density at radius 3 is 2.35 bits per heavy atom. The lowest BCUT2D eigenvalue weighted by atomic mass is 10.3. The van der Waals surface area contributed by atoms with Gasteiger partial charge in [-0.15, -0.1) is 4.68 Å². The number of benzene rings is 3. The van der Waals surface area contributed by atoms with Crippen molar-refractivity contribution in [3.8, 4) is 22.9 Å². The quantitative estimate of drug-likeness (QED) is 0.558. The molecule has 0 aliphatic heterocycles. The van der Waals surface area contributed by atoms with Gasteiger partial charge in [0, 0.05) is 11.1 Å². The van der Waals surface area contributed by atoms with Crippen LogP contribution in [-0.2, 0) is 0 Å². The van der Waals surface area contributed by atoms with E-state index in [9.17, 15) is 4.79 Å². The topological polar surface area (TPSA) is 50.9 Å². The summed E-state index contributed by atoms with van der Waals surface area (Å²) in [6, 6.07) is 24.1. The Morgan fingerprint density at radius 2 is 1.62 bits per heavy atom. The van der Waals surface area contributed by atoms with Crippen LogP contribution in [0.4, 0.5) is 0 Å². The van der Waals surface area contributed by atoms with Gasteiger partial charge in [0.2, 0.25) is 11.9 Å². The molecule has 6 heteroatoms. The van der Waals surface area contributed by atoms with Gasteiger partial charge in [-0.05, 0) is 36.4 Å². The average Bonchev–Trinajstić information content (AvgIpc) is 3.06. The maximum absolute atomic E-state index is 12.5. The first kappa shape index (κ1) is 16.2. The number of hydrogen-bond donors (Lipinski definition) is 1. The number of nitrogens with zero attached hydrogens (tertiary/aromatic N) is 2. The van der Waals surface area contributed by atoms with E-state index >= 15 is 0 Å². The van der Waals surface area contributed by atoms with Crippen molar-refractivity contribution in [2.24, 2.45) is 0 Å². The fourth-order valence-corrected chi connectivity index (χ4v) is 2.78. The van der Waals surface area contributed by atoms with Crippen LogP contribution in [0, 0.1) is 0 Å². The number of aromatic amines is 1. The fraction of sp³-hybridized carbons (Fsp3) is 0. The van der Waals surface area contributed by atoms with Crippen molar-refractivity contribution in [2.75, 3.05) is 0 Å². The summed E-state index contributed by atoms with van der Waals surface area (Å²) in [5.41, 5.74) is 1.14. The van der Waals surface area contributed by atoms with Gasteiger partial charge in [0.25, 0.3) is 0 Å². The molecule has 128 valence electrons. The Bertz CT molecular complexity index is 1090. The van der Waals surface area contributed by atoms with Gasteiger partial charge in [-0.3, -0.25) is 0 Å². The van der Waals surface area contributed by atoms with E-state index in [1.54, 1.807) is 22.9 Å². The van der Waals surface area contributed by atoms with Gasteiger partial charge >= 0.3 is 5.56 Å².